The average molecular weight is 946 g/mol. The van der Waals surface area contributed by atoms with Gasteiger partial charge in [-0.05, 0) is 102 Å². The summed E-state index contributed by atoms with van der Waals surface area (Å²) >= 11 is 0. The van der Waals surface area contributed by atoms with Crippen molar-refractivity contribution < 1.29 is 0 Å². The van der Waals surface area contributed by atoms with Crippen LogP contribution in [-0.2, 0) is 0 Å². The van der Waals surface area contributed by atoms with Crippen molar-refractivity contribution >= 4 is 43.6 Å². The van der Waals surface area contributed by atoms with Gasteiger partial charge >= 0.3 is 0 Å². The predicted octanol–water partition coefficient (Wildman–Crippen LogP) is 16.5. The Bertz CT molecular complexity index is 4010. The molecule has 0 aliphatic rings. The molecule has 10 aromatic carbocycles. The van der Waals surface area contributed by atoms with Gasteiger partial charge in [0.15, 0.2) is 23.3 Å². The first-order valence-corrected chi connectivity index (χ1v) is 24.8. The molecule has 0 N–H and O–H groups in total. The quantitative estimate of drug-likeness (QED) is 0.144. The molecular formula is C67H43N7. The summed E-state index contributed by atoms with van der Waals surface area (Å²) < 4.78 is 4.65. The molecule has 0 saturated carbocycles. The number of hydrogen-bond acceptors (Lipinski definition) is 5. The van der Waals surface area contributed by atoms with Crippen molar-refractivity contribution in [2.75, 3.05) is 0 Å². The summed E-state index contributed by atoms with van der Waals surface area (Å²) in [6.07, 6.45) is 0. The minimum Gasteiger partial charge on any atom is -0.309 e. The fourth-order valence-corrected chi connectivity index (χ4v) is 10.4. The molecule has 7 nitrogen and oxygen atoms in total. The number of rotatable bonds is 9. The second kappa shape index (κ2) is 17.9. The van der Waals surface area contributed by atoms with Gasteiger partial charge in [0.2, 0.25) is 0 Å². The first-order chi connectivity index (χ1) is 36.7. The number of hydrogen-bond donors (Lipinski definition) is 0. The Morgan fingerprint density at radius 3 is 0.973 bits per heavy atom. The highest BCUT2D eigenvalue weighted by Crippen LogP contribution is 2.37. The van der Waals surface area contributed by atoms with Gasteiger partial charge < -0.3 is 9.13 Å². The molecule has 0 bridgehead atoms. The number of para-hydroxylation sites is 4. The first-order valence-electron chi connectivity index (χ1n) is 24.8. The maximum absolute atomic E-state index is 5.27. The van der Waals surface area contributed by atoms with Crippen LogP contribution in [0.1, 0.15) is 0 Å². The topological polar surface area (TPSA) is 74.3 Å². The number of aromatic nitrogens is 7. The Morgan fingerprint density at radius 2 is 0.514 bits per heavy atom. The van der Waals surface area contributed by atoms with E-state index in [4.69, 9.17) is 24.9 Å². The van der Waals surface area contributed by atoms with E-state index >= 15 is 0 Å². The van der Waals surface area contributed by atoms with E-state index in [9.17, 15) is 0 Å². The summed E-state index contributed by atoms with van der Waals surface area (Å²) in [5.41, 5.74) is 16.2. The van der Waals surface area contributed by atoms with Crippen molar-refractivity contribution in [3.63, 3.8) is 0 Å². The van der Waals surface area contributed by atoms with Crippen LogP contribution in [0.25, 0.3) is 134 Å². The van der Waals surface area contributed by atoms with Gasteiger partial charge in [-0.3, -0.25) is 0 Å². The second-order valence-corrected chi connectivity index (χ2v) is 18.5. The molecule has 0 unspecified atom stereocenters. The van der Waals surface area contributed by atoms with E-state index in [0.29, 0.717) is 23.3 Å². The Morgan fingerprint density at radius 1 is 0.203 bits per heavy atom. The zero-order chi connectivity index (χ0) is 49.0. The second-order valence-electron chi connectivity index (χ2n) is 18.5. The van der Waals surface area contributed by atoms with Crippen molar-refractivity contribution in [2.45, 2.75) is 0 Å². The monoisotopic (exact) mass is 945 g/mol. The van der Waals surface area contributed by atoms with Crippen LogP contribution in [0.5, 0.6) is 0 Å². The molecule has 0 atom stereocenters. The van der Waals surface area contributed by atoms with Crippen LogP contribution in [0.4, 0.5) is 0 Å². The largest absolute Gasteiger partial charge is 0.309 e. The maximum Gasteiger partial charge on any atom is 0.164 e. The van der Waals surface area contributed by atoms with E-state index < -0.39 is 0 Å². The van der Waals surface area contributed by atoms with Gasteiger partial charge in [-0.1, -0.05) is 170 Å². The lowest BCUT2D eigenvalue weighted by molar-refractivity contribution is 1.07. The lowest BCUT2D eigenvalue weighted by atomic mass is 9.99. The van der Waals surface area contributed by atoms with Gasteiger partial charge in [-0.25, -0.2) is 24.9 Å². The molecule has 0 fully saturated rings. The predicted molar refractivity (Wildman–Crippen MR) is 302 cm³/mol. The van der Waals surface area contributed by atoms with E-state index in [-0.39, 0.29) is 0 Å². The summed E-state index contributed by atoms with van der Waals surface area (Å²) in [6, 6.07) is 91.0. The maximum atomic E-state index is 5.27. The highest BCUT2D eigenvalue weighted by atomic mass is 15.0. The van der Waals surface area contributed by atoms with E-state index in [2.05, 4.69) is 221 Å². The summed E-state index contributed by atoms with van der Waals surface area (Å²) in [6.45, 7) is 0. The molecule has 7 heteroatoms. The van der Waals surface area contributed by atoms with E-state index in [1.54, 1.807) is 0 Å². The van der Waals surface area contributed by atoms with Crippen LogP contribution in [0.3, 0.4) is 0 Å². The molecule has 0 saturated heterocycles. The van der Waals surface area contributed by atoms with E-state index in [1.807, 2.05) is 48.5 Å². The van der Waals surface area contributed by atoms with E-state index in [0.717, 1.165) is 78.3 Å². The van der Waals surface area contributed by atoms with Crippen LogP contribution in [0.2, 0.25) is 0 Å². The third kappa shape index (κ3) is 7.59. The summed E-state index contributed by atoms with van der Waals surface area (Å²) in [4.78, 5) is 25.8. The lowest BCUT2D eigenvalue weighted by Gasteiger charge is -2.12. The molecule has 0 radical (unpaired) electrons. The molecule has 346 valence electrons. The minimum absolute atomic E-state index is 0.593. The van der Waals surface area contributed by atoms with Crippen LogP contribution in [-0.4, -0.2) is 34.1 Å². The molecule has 0 aliphatic heterocycles. The molecular weight excluding hydrogens is 903 g/mol. The van der Waals surface area contributed by atoms with Crippen molar-refractivity contribution in [2.24, 2.45) is 0 Å². The third-order valence-corrected chi connectivity index (χ3v) is 14.0. The smallest absolute Gasteiger partial charge is 0.164 e. The summed E-state index contributed by atoms with van der Waals surface area (Å²) in [5, 5.41) is 4.92. The first kappa shape index (κ1) is 42.7. The van der Waals surface area contributed by atoms with Crippen LogP contribution in [0.15, 0.2) is 261 Å². The molecule has 4 heterocycles. The van der Waals surface area contributed by atoms with Gasteiger partial charge in [-0.15, -0.1) is 0 Å². The third-order valence-electron chi connectivity index (χ3n) is 14.0. The van der Waals surface area contributed by atoms with E-state index in [1.165, 1.54) is 32.6 Å². The average Bonchev–Trinajstić information content (AvgIpc) is 4.01. The Kier molecular flexibility index (Phi) is 10.4. The summed E-state index contributed by atoms with van der Waals surface area (Å²) in [5.74, 6) is 2.46. The molecule has 4 aromatic heterocycles. The van der Waals surface area contributed by atoms with Crippen molar-refractivity contribution in [1.29, 1.82) is 0 Å². The summed E-state index contributed by atoms with van der Waals surface area (Å²) in [7, 11) is 0. The van der Waals surface area contributed by atoms with Crippen molar-refractivity contribution in [1.82, 2.24) is 34.1 Å². The molecule has 74 heavy (non-hydrogen) atoms. The zero-order valence-corrected chi connectivity index (χ0v) is 40.0. The van der Waals surface area contributed by atoms with Gasteiger partial charge in [0, 0.05) is 66.3 Å². The van der Waals surface area contributed by atoms with Crippen LogP contribution in [0, 0.1) is 0 Å². The zero-order valence-electron chi connectivity index (χ0n) is 40.0. The van der Waals surface area contributed by atoms with Gasteiger partial charge in [0.05, 0.1) is 33.5 Å². The van der Waals surface area contributed by atoms with Gasteiger partial charge in [0.1, 0.15) is 0 Å². The SMILES string of the molecule is c1ccc(-c2cc(-c3cccc(-c4cccc(-c5nc(-c6ccccc6)nc(-c6ccc(-n7c8ccccc8c8ccccc87)cc6)n5)c4)c3)nc(-c3ccc(-n4c5ccccc5c5ccccc54)cc3)n2)cc1. The normalized spacial score (nSPS) is 11.5. The van der Waals surface area contributed by atoms with Crippen molar-refractivity contribution in [3.8, 4) is 90.6 Å². The highest BCUT2D eigenvalue weighted by molar-refractivity contribution is 6.10. The minimum atomic E-state index is 0.593. The molecule has 0 amide bonds. The highest BCUT2D eigenvalue weighted by Gasteiger charge is 2.18. The Hall–Kier alpha value is -10.1. The molecule has 0 spiro atoms. The Balaban J connectivity index is 0.821. The van der Waals surface area contributed by atoms with Crippen molar-refractivity contribution in [3.05, 3.63) is 261 Å². The van der Waals surface area contributed by atoms with Gasteiger partial charge in [-0.2, -0.15) is 0 Å². The van der Waals surface area contributed by atoms with Crippen LogP contribution >= 0.6 is 0 Å². The molecule has 0 aliphatic carbocycles. The van der Waals surface area contributed by atoms with Gasteiger partial charge in [0.25, 0.3) is 0 Å². The number of nitrogens with zero attached hydrogens (tertiary/aromatic N) is 7. The molecule has 14 aromatic rings. The Labute approximate surface area is 427 Å². The lowest BCUT2D eigenvalue weighted by Crippen LogP contribution is -2.00. The molecule has 14 rings (SSSR count). The standard InChI is InChI=1S/C67H43N7/c1-3-17-44(18-4-1)58-43-59(69-64(68-58)46-33-37-52(38-34-46)73-60-29-11-7-25-54(60)55-26-8-12-30-61(55)73)50-23-15-21-48(41-50)49-22-16-24-51(42-49)67-71-65(45-19-5-2-6-20-45)70-66(72-67)47-35-39-53(40-36-47)74-62-31-13-9-27-56(62)57-28-10-14-32-63(57)74/h1-43H. The number of benzene rings is 10. The van der Waals surface area contributed by atoms with Crippen LogP contribution < -0.4 is 0 Å². The fourth-order valence-electron chi connectivity index (χ4n) is 10.4. The number of fused-ring (bicyclic) bond motifs is 6. The fraction of sp³-hybridized carbons (Fsp3) is 0.